The smallest absolute Gasteiger partial charge is 0.115 e. The Bertz CT molecular complexity index is 511. The Labute approximate surface area is 115 Å². The Hall–Kier alpha value is -1.80. The average Bonchev–Trinajstić information content (AvgIpc) is 2.39. The normalized spacial score (nSPS) is 10.6. The van der Waals surface area contributed by atoms with Crippen molar-refractivity contribution in [1.29, 1.82) is 0 Å². The van der Waals surface area contributed by atoms with Gasteiger partial charge in [-0.15, -0.1) is 0 Å². The van der Waals surface area contributed by atoms with E-state index in [0.29, 0.717) is 5.75 Å². The minimum Gasteiger partial charge on any atom is -0.508 e. The topological polar surface area (TPSA) is 32.3 Å². The van der Waals surface area contributed by atoms with Gasteiger partial charge in [0, 0.05) is 6.54 Å². The molecule has 0 aliphatic rings. The van der Waals surface area contributed by atoms with E-state index >= 15 is 0 Å². The molecule has 0 amide bonds. The van der Waals surface area contributed by atoms with E-state index in [4.69, 9.17) is 0 Å². The number of hydrogen-bond donors (Lipinski definition) is 2. The quantitative estimate of drug-likeness (QED) is 0.803. The van der Waals surface area contributed by atoms with E-state index in [-0.39, 0.29) is 0 Å². The number of phenols is 1. The Balaban J connectivity index is 1.82. The van der Waals surface area contributed by atoms with Crippen molar-refractivity contribution in [2.24, 2.45) is 0 Å². The Morgan fingerprint density at radius 3 is 2.21 bits per heavy atom. The van der Waals surface area contributed by atoms with E-state index in [1.165, 1.54) is 22.3 Å². The van der Waals surface area contributed by atoms with Gasteiger partial charge in [-0.25, -0.2) is 0 Å². The first-order chi connectivity index (χ1) is 9.16. The molecule has 100 valence electrons. The highest BCUT2D eigenvalue weighted by molar-refractivity contribution is 5.33. The second-order valence-electron chi connectivity index (χ2n) is 4.96. The van der Waals surface area contributed by atoms with E-state index in [1.54, 1.807) is 12.1 Å². The molecule has 0 unspecified atom stereocenters. The summed E-state index contributed by atoms with van der Waals surface area (Å²) >= 11 is 0. The van der Waals surface area contributed by atoms with Gasteiger partial charge in [0.1, 0.15) is 5.75 Å². The first-order valence-electron chi connectivity index (χ1n) is 6.70. The van der Waals surface area contributed by atoms with Gasteiger partial charge in [-0.05, 0) is 61.2 Å². The van der Waals surface area contributed by atoms with Crippen LogP contribution in [0.3, 0.4) is 0 Å². The molecule has 19 heavy (non-hydrogen) atoms. The maximum absolute atomic E-state index is 9.22. The largest absolute Gasteiger partial charge is 0.508 e. The lowest BCUT2D eigenvalue weighted by molar-refractivity contribution is 0.475. The van der Waals surface area contributed by atoms with Crippen LogP contribution in [0.2, 0.25) is 0 Å². The molecule has 2 aromatic carbocycles. The van der Waals surface area contributed by atoms with Crippen molar-refractivity contribution in [3.05, 3.63) is 64.7 Å². The van der Waals surface area contributed by atoms with Crippen LogP contribution < -0.4 is 5.32 Å². The molecule has 0 aromatic heterocycles. The van der Waals surface area contributed by atoms with Crippen LogP contribution in [0.4, 0.5) is 0 Å². The van der Waals surface area contributed by atoms with Crippen LogP contribution in [0.15, 0.2) is 42.5 Å². The molecule has 0 atom stereocenters. The van der Waals surface area contributed by atoms with Gasteiger partial charge in [-0.2, -0.15) is 0 Å². The highest BCUT2D eigenvalue weighted by Crippen LogP contribution is 2.13. The fourth-order valence-corrected chi connectivity index (χ4v) is 2.24. The van der Waals surface area contributed by atoms with Crippen LogP contribution in [0.5, 0.6) is 5.75 Å². The van der Waals surface area contributed by atoms with Crippen molar-refractivity contribution in [3.8, 4) is 5.75 Å². The fourth-order valence-electron chi connectivity index (χ4n) is 2.24. The minimum atomic E-state index is 0.326. The molecule has 0 fully saturated rings. The Morgan fingerprint density at radius 2 is 1.58 bits per heavy atom. The van der Waals surface area contributed by atoms with E-state index in [1.807, 2.05) is 12.1 Å². The summed E-state index contributed by atoms with van der Waals surface area (Å²) in [5, 5.41) is 12.7. The van der Waals surface area contributed by atoms with E-state index in [9.17, 15) is 5.11 Å². The molecule has 0 radical (unpaired) electrons. The van der Waals surface area contributed by atoms with E-state index < -0.39 is 0 Å². The molecule has 0 aliphatic heterocycles. The zero-order valence-corrected chi connectivity index (χ0v) is 11.6. The number of benzene rings is 2. The monoisotopic (exact) mass is 255 g/mol. The first-order valence-corrected chi connectivity index (χ1v) is 6.70. The molecule has 2 N–H and O–H groups in total. The van der Waals surface area contributed by atoms with Crippen molar-refractivity contribution in [1.82, 2.24) is 5.32 Å². The summed E-state index contributed by atoms with van der Waals surface area (Å²) in [6, 6.07) is 13.8. The van der Waals surface area contributed by atoms with Gasteiger partial charge in [0.15, 0.2) is 0 Å². The average molecular weight is 255 g/mol. The van der Waals surface area contributed by atoms with Crippen LogP contribution >= 0.6 is 0 Å². The molecule has 2 heteroatoms. The first kappa shape index (κ1) is 13.6. The Morgan fingerprint density at radius 1 is 0.947 bits per heavy atom. The van der Waals surface area contributed by atoms with E-state index in [2.05, 4.69) is 37.4 Å². The molecule has 0 saturated carbocycles. The molecule has 2 rings (SSSR count). The van der Waals surface area contributed by atoms with Crippen LogP contribution in [-0.4, -0.2) is 11.7 Å². The molecule has 0 saturated heterocycles. The second kappa shape index (κ2) is 6.39. The molecule has 2 aromatic rings. The van der Waals surface area contributed by atoms with Gasteiger partial charge in [0.25, 0.3) is 0 Å². The predicted octanol–water partition coefficient (Wildman–Crippen LogP) is 3.34. The van der Waals surface area contributed by atoms with Crippen molar-refractivity contribution < 1.29 is 5.11 Å². The standard InChI is InChI=1S/C17H21NO/c1-13-4-3-5-14(2)17(13)12-18-11-10-15-6-8-16(19)9-7-15/h3-9,18-19H,10-12H2,1-2H3. The number of hydrogen-bond acceptors (Lipinski definition) is 2. The number of nitrogens with one attached hydrogen (secondary N) is 1. The molecule has 0 spiro atoms. The highest BCUT2D eigenvalue weighted by atomic mass is 16.3. The van der Waals surface area contributed by atoms with Gasteiger partial charge in [-0.1, -0.05) is 30.3 Å². The molecular weight excluding hydrogens is 234 g/mol. The number of phenolic OH excluding ortho intramolecular Hbond substituents is 1. The third-order valence-corrected chi connectivity index (χ3v) is 3.47. The zero-order valence-electron chi connectivity index (χ0n) is 11.6. The van der Waals surface area contributed by atoms with Crippen molar-refractivity contribution >= 4 is 0 Å². The SMILES string of the molecule is Cc1cccc(C)c1CNCCc1ccc(O)cc1. The molecule has 0 bridgehead atoms. The van der Waals surface area contributed by atoms with Gasteiger partial charge >= 0.3 is 0 Å². The lowest BCUT2D eigenvalue weighted by atomic mass is 10.0. The molecular formula is C17H21NO. The zero-order chi connectivity index (χ0) is 13.7. The predicted molar refractivity (Wildman–Crippen MR) is 79.4 cm³/mol. The van der Waals surface area contributed by atoms with Crippen molar-refractivity contribution in [3.63, 3.8) is 0 Å². The molecule has 0 aliphatic carbocycles. The van der Waals surface area contributed by atoms with Gasteiger partial charge in [0.05, 0.1) is 0 Å². The summed E-state index contributed by atoms with van der Waals surface area (Å²) in [6.07, 6.45) is 0.977. The highest BCUT2D eigenvalue weighted by Gasteiger charge is 2.01. The number of aromatic hydroxyl groups is 1. The maximum atomic E-state index is 9.22. The lowest BCUT2D eigenvalue weighted by Gasteiger charge is -2.11. The van der Waals surface area contributed by atoms with Gasteiger partial charge < -0.3 is 10.4 Å². The summed E-state index contributed by atoms with van der Waals surface area (Å²) < 4.78 is 0. The summed E-state index contributed by atoms with van der Waals surface area (Å²) in [5.74, 6) is 0.326. The summed E-state index contributed by atoms with van der Waals surface area (Å²) in [5.41, 5.74) is 5.33. The van der Waals surface area contributed by atoms with Crippen LogP contribution in [0, 0.1) is 13.8 Å². The molecule has 0 heterocycles. The molecule has 2 nitrogen and oxygen atoms in total. The van der Waals surface area contributed by atoms with Gasteiger partial charge in [0.2, 0.25) is 0 Å². The maximum Gasteiger partial charge on any atom is 0.115 e. The summed E-state index contributed by atoms with van der Waals surface area (Å²) in [7, 11) is 0. The van der Waals surface area contributed by atoms with Crippen LogP contribution in [-0.2, 0) is 13.0 Å². The van der Waals surface area contributed by atoms with Crippen molar-refractivity contribution in [2.45, 2.75) is 26.8 Å². The van der Waals surface area contributed by atoms with Crippen LogP contribution in [0.1, 0.15) is 22.3 Å². The number of rotatable bonds is 5. The van der Waals surface area contributed by atoms with E-state index in [0.717, 1.165) is 19.5 Å². The second-order valence-corrected chi connectivity index (χ2v) is 4.96. The number of aryl methyl sites for hydroxylation is 2. The Kier molecular flexibility index (Phi) is 4.58. The lowest BCUT2D eigenvalue weighted by Crippen LogP contribution is -2.18. The minimum absolute atomic E-state index is 0.326. The summed E-state index contributed by atoms with van der Waals surface area (Å²) in [6.45, 7) is 6.17. The van der Waals surface area contributed by atoms with Crippen molar-refractivity contribution in [2.75, 3.05) is 6.54 Å². The van der Waals surface area contributed by atoms with Gasteiger partial charge in [-0.3, -0.25) is 0 Å². The van der Waals surface area contributed by atoms with Crippen LogP contribution in [0.25, 0.3) is 0 Å². The third kappa shape index (κ3) is 3.83. The third-order valence-electron chi connectivity index (χ3n) is 3.47. The fraction of sp³-hybridized carbons (Fsp3) is 0.294. The summed E-state index contributed by atoms with van der Waals surface area (Å²) in [4.78, 5) is 0.